The first kappa shape index (κ1) is 22.6. The van der Waals surface area contributed by atoms with Crippen LogP contribution in [0.4, 0.5) is 0 Å². The molecule has 158 valence electrons. The minimum absolute atomic E-state index is 0.212. The lowest BCUT2D eigenvalue weighted by molar-refractivity contribution is -0.123. The molecule has 2 aromatic carbocycles. The summed E-state index contributed by atoms with van der Waals surface area (Å²) < 4.78 is 10.4. The molecule has 0 fully saturated rings. The van der Waals surface area contributed by atoms with Crippen LogP contribution in [0.3, 0.4) is 0 Å². The van der Waals surface area contributed by atoms with Crippen molar-refractivity contribution in [1.82, 2.24) is 10.9 Å². The molecular weight excluding hydrogens is 384 g/mol. The Balaban J connectivity index is 1.63. The van der Waals surface area contributed by atoms with Gasteiger partial charge in [0.2, 0.25) is 11.8 Å². The number of methoxy groups -OCH3 is 2. The van der Waals surface area contributed by atoms with Crippen LogP contribution in [0, 0.1) is 0 Å². The number of hydrogen-bond acceptors (Lipinski definition) is 6. The van der Waals surface area contributed by atoms with Gasteiger partial charge in [0.25, 0.3) is 0 Å². The number of unbranched alkanes of at least 4 members (excludes halogenated alkanes) is 1. The van der Waals surface area contributed by atoms with E-state index >= 15 is 0 Å². The third-order valence-corrected chi connectivity index (χ3v) is 4.12. The van der Waals surface area contributed by atoms with E-state index < -0.39 is 0 Å². The van der Waals surface area contributed by atoms with Crippen molar-refractivity contribution in [3.63, 3.8) is 0 Å². The highest BCUT2D eigenvalue weighted by molar-refractivity contribution is 5.86. The Hall–Kier alpha value is -3.68. The Bertz CT molecular complexity index is 823. The monoisotopic (exact) mass is 410 g/mol. The number of carbonyl (C=O) groups is 2. The topological polar surface area (TPSA) is 101 Å². The number of carbonyl (C=O) groups excluding carboxylic acids is 2. The maximum absolute atomic E-state index is 11.8. The van der Waals surface area contributed by atoms with Crippen LogP contribution < -0.4 is 20.3 Å². The zero-order valence-electron chi connectivity index (χ0n) is 17.1. The fourth-order valence-corrected chi connectivity index (χ4v) is 2.58. The molecule has 2 aromatic rings. The Morgan fingerprint density at radius 3 is 1.57 bits per heavy atom. The molecule has 30 heavy (non-hydrogen) atoms. The van der Waals surface area contributed by atoms with Crippen LogP contribution in [-0.2, 0) is 9.59 Å². The molecule has 0 heterocycles. The third-order valence-electron chi connectivity index (χ3n) is 4.12. The molecule has 0 atom stereocenters. The summed E-state index contributed by atoms with van der Waals surface area (Å²) in [5.41, 5.74) is 6.48. The fraction of sp³-hybridized carbons (Fsp3) is 0.273. The molecule has 0 aliphatic rings. The predicted molar refractivity (Wildman–Crippen MR) is 116 cm³/mol. The number of benzene rings is 2. The average molecular weight is 410 g/mol. The van der Waals surface area contributed by atoms with Crippen LogP contribution in [-0.4, -0.2) is 38.5 Å². The van der Waals surface area contributed by atoms with Gasteiger partial charge in [-0.2, -0.15) is 10.2 Å². The van der Waals surface area contributed by atoms with E-state index in [-0.39, 0.29) is 24.7 Å². The highest BCUT2D eigenvalue weighted by Crippen LogP contribution is 2.15. The predicted octanol–water partition coefficient (Wildman–Crippen LogP) is 2.86. The molecule has 2 N–H and O–H groups in total. The van der Waals surface area contributed by atoms with E-state index in [1.807, 2.05) is 48.5 Å². The van der Waals surface area contributed by atoms with Gasteiger partial charge in [0.1, 0.15) is 11.5 Å². The van der Waals surface area contributed by atoms with Crippen molar-refractivity contribution in [2.45, 2.75) is 25.7 Å². The summed E-state index contributed by atoms with van der Waals surface area (Å²) in [7, 11) is 3.15. The highest BCUT2D eigenvalue weighted by atomic mass is 16.5. The lowest BCUT2D eigenvalue weighted by Gasteiger charge is -2.04. The Morgan fingerprint density at radius 1 is 0.767 bits per heavy atom. The molecule has 0 bridgehead atoms. The van der Waals surface area contributed by atoms with Gasteiger partial charge in [0, 0.05) is 24.0 Å². The van der Waals surface area contributed by atoms with Crippen LogP contribution in [0.15, 0.2) is 58.7 Å². The number of ether oxygens (including phenoxy) is 2. The van der Waals surface area contributed by atoms with Crippen LogP contribution >= 0.6 is 0 Å². The van der Waals surface area contributed by atoms with Crippen LogP contribution in [0.5, 0.6) is 11.5 Å². The summed E-state index contributed by atoms with van der Waals surface area (Å²) in [6.07, 6.45) is 4.76. The van der Waals surface area contributed by atoms with E-state index in [1.165, 1.54) is 12.4 Å². The van der Waals surface area contributed by atoms with E-state index in [2.05, 4.69) is 21.1 Å². The van der Waals surface area contributed by atoms with Crippen LogP contribution in [0.2, 0.25) is 0 Å². The maximum atomic E-state index is 11.8. The SMILES string of the molecule is COc1ccccc1/C=N/NC(=O)CCCCC(=O)N/N=C/c1ccccc1OC. The summed E-state index contributed by atoms with van der Waals surface area (Å²) in [6, 6.07) is 14.7. The summed E-state index contributed by atoms with van der Waals surface area (Å²) in [5, 5.41) is 7.87. The molecule has 0 aliphatic carbocycles. The Morgan fingerprint density at radius 2 is 1.17 bits per heavy atom. The normalized spacial score (nSPS) is 10.9. The van der Waals surface area contributed by atoms with E-state index in [0.29, 0.717) is 24.3 Å². The van der Waals surface area contributed by atoms with E-state index in [4.69, 9.17) is 9.47 Å². The molecule has 2 amide bonds. The average Bonchev–Trinajstić information content (AvgIpc) is 2.77. The molecule has 0 radical (unpaired) electrons. The number of hydrazone groups is 2. The molecule has 2 rings (SSSR count). The molecule has 0 aromatic heterocycles. The number of rotatable bonds is 11. The van der Waals surface area contributed by atoms with Crippen molar-refractivity contribution in [3.05, 3.63) is 59.7 Å². The first-order valence-electron chi connectivity index (χ1n) is 9.54. The highest BCUT2D eigenvalue weighted by Gasteiger charge is 2.04. The van der Waals surface area contributed by atoms with E-state index in [1.54, 1.807) is 14.2 Å². The Labute approximate surface area is 176 Å². The quantitative estimate of drug-likeness (QED) is 0.338. The van der Waals surface area contributed by atoms with Crippen molar-refractivity contribution in [1.29, 1.82) is 0 Å². The number of nitrogens with zero attached hydrogens (tertiary/aromatic N) is 2. The molecule has 0 spiro atoms. The summed E-state index contributed by atoms with van der Waals surface area (Å²) in [5.74, 6) is 0.927. The van der Waals surface area contributed by atoms with Crippen molar-refractivity contribution in [2.24, 2.45) is 10.2 Å². The minimum atomic E-state index is -0.212. The molecule has 8 nitrogen and oxygen atoms in total. The number of hydrogen-bond donors (Lipinski definition) is 2. The van der Waals surface area contributed by atoms with Crippen molar-refractivity contribution < 1.29 is 19.1 Å². The number of nitrogens with one attached hydrogen (secondary N) is 2. The molecule has 8 heteroatoms. The zero-order chi connectivity index (χ0) is 21.6. The largest absolute Gasteiger partial charge is 0.496 e. The molecule has 0 aliphatic heterocycles. The van der Waals surface area contributed by atoms with E-state index in [9.17, 15) is 9.59 Å². The van der Waals surface area contributed by atoms with Gasteiger partial charge in [0.15, 0.2) is 0 Å². The summed E-state index contributed by atoms with van der Waals surface area (Å²) in [6.45, 7) is 0. The third kappa shape index (κ3) is 7.75. The summed E-state index contributed by atoms with van der Waals surface area (Å²) >= 11 is 0. The molecule has 0 unspecified atom stereocenters. The Kier molecular flexibility index (Phi) is 9.58. The van der Waals surface area contributed by atoms with Crippen LogP contribution in [0.25, 0.3) is 0 Å². The molecule has 0 saturated carbocycles. The maximum Gasteiger partial charge on any atom is 0.240 e. The number of para-hydroxylation sites is 2. The minimum Gasteiger partial charge on any atom is -0.496 e. The van der Waals surface area contributed by atoms with Crippen molar-refractivity contribution in [2.75, 3.05) is 14.2 Å². The molecule has 0 saturated heterocycles. The van der Waals surface area contributed by atoms with Gasteiger partial charge in [-0.05, 0) is 37.1 Å². The lowest BCUT2D eigenvalue weighted by atomic mass is 10.2. The second-order valence-electron chi connectivity index (χ2n) is 6.28. The zero-order valence-corrected chi connectivity index (χ0v) is 17.1. The second-order valence-corrected chi connectivity index (χ2v) is 6.28. The lowest BCUT2D eigenvalue weighted by Crippen LogP contribution is -2.19. The van der Waals surface area contributed by atoms with Gasteiger partial charge in [-0.15, -0.1) is 0 Å². The second kappa shape index (κ2) is 12.7. The van der Waals surface area contributed by atoms with E-state index in [0.717, 1.165) is 11.1 Å². The van der Waals surface area contributed by atoms with Gasteiger partial charge >= 0.3 is 0 Å². The standard InChI is InChI=1S/C22H26N4O4/c1-29-19-11-5-3-9-17(19)15-23-25-21(27)13-7-8-14-22(28)26-24-16-18-10-4-6-12-20(18)30-2/h3-6,9-12,15-16H,7-8,13-14H2,1-2H3,(H,25,27)(H,26,28)/b23-15+,24-16+. The first-order valence-corrected chi connectivity index (χ1v) is 9.54. The van der Waals surface area contributed by atoms with Crippen molar-refractivity contribution in [3.8, 4) is 11.5 Å². The van der Waals surface area contributed by atoms with Gasteiger partial charge in [-0.25, -0.2) is 10.9 Å². The van der Waals surface area contributed by atoms with Gasteiger partial charge < -0.3 is 9.47 Å². The van der Waals surface area contributed by atoms with Crippen molar-refractivity contribution >= 4 is 24.2 Å². The number of amides is 2. The fourth-order valence-electron chi connectivity index (χ4n) is 2.58. The first-order chi connectivity index (χ1) is 14.6. The smallest absolute Gasteiger partial charge is 0.240 e. The molecular formula is C22H26N4O4. The van der Waals surface area contributed by atoms with Gasteiger partial charge in [-0.1, -0.05) is 24.3 Å². The van der Waals surface area contributed by atoms with Crippen LogP contribution in [0.1, 0.15) is 36.8 Å². The summed E-state index contributed by atoms with van der Waals surface area (Å²) in [4.78, 5) is 23.7. The van der Waals surface area contributed by atoms with Gasteiger partial charge in [0.05, 0.1) is 26.6 Å². The van der Waals surface area contributed by atoms with Gasteiger partial charge in [-0.3, -0.25) is 9.59 Å².